The van der Waals surface area contributed by atoms with Gasteiger partial charge in [-0.05, 0) is 56.3 Å². The highest BCUT2D eigenvalue weighted by atomic mass is 15.3. The van der Waals surface area contributed by atoms with Crippen molar-refractivity contribution in [2.75, 3.05) is 19.6 Å². The van der Waals surface area contributed by atoms with Gasteiger partial charge in [-0.25, -0.2) is 0 Å². The maximum atomic E-state index is 3.94. The lowest BCUT2D eigenvalue weighted by Crippen LogP contribution is -2.63. The van der Waals surface area contributed by atoms with Crippen LogP contribution in [-0.4, -0.2) is 36.1 Å². The highest BCUT2D eigenvalue weighted by molar-refractivity contribution is 5.02. The Kier molecular flexibility index (Phi) is 3.58. The molecule has 4 aliphatic rings. The molecule has 3 saturated carbocycles. The second-order valence-corrected chi connectivity index (χ2v) is 8.29. The topological polar surface area (TPSA) is 15.3 Å². The number of nitrogens with zero attached hydrogens (tertiary/aromatic N) is 1. The molecule has 2 nitrogen and oxygen atoms in total. The summed E-state index contributed by atoms with van der Waals surface area (Å²) in [4.78, 5) is 2.91. The van der Waals surface area contributed by atoms with Crippen molar-refractivity contribution in [1.29, 1.82) is 0 Å². The van der Waals surface area contributed by atoms with E-state index >= 15 is 0 Å². The van der Waals surface area contributed by atoms with Crippen LogP contribution in [0, 0.1) is 17.8 Å². The fourth-order valence-electron chi connectivity index (χ4n) is 5.94. The zero-order valence-corrected chi connectivity index (χ0v) is 13.2. The predicted octanol–water partition coefficient (Wildman–Crippen LogP) is 3.42. The van der Waals surface area contributed by atoms with Crippen LogP contribution in [0.2, 0.25) is 0 Å². The summed E-state index contributed by atoms with van der Waals surface area (Å²) < 4.78 is 0. The number of hydrogen-bond donors (Lipinski definition) is 1. The van der Waals surface area contributed by atoms with Gasteiger partial charge in [-0.15, -0.1) is 0 Å². The van der Waals surface area contributed by atoms with Gasteiger partial charge in [0.15, 0.2) is 0 Å². The third-order valence-electron chi connectivity index (χ3n) is 7.12. The molecular formula is C18H32N2. The number of hydrogen-bond acceptors (Lipinski definition) is 2. The lowest BCUT2D eigenvalue weighted by molar-refractivity contribution is 0.0549. The lowest BCUT2D eigenvalue weighted by Gasteiger charge is -2.47. The molecule has 2 bridgehead atoms. The molecule has 1 spiro atoms. The molecule has 0 aromatic heterocycles. The van der Waals surface area contributed by atoms with Crippen LogP contribution in [0.5, 0.6) is 0 Å². The summed E-state index contributed by atoms with van der Waals surface area (Å²) in [6.45, 7) is 6.40. The van der Waals surface area contributed by atoms with Crippen LogP contribution in [0.25, 0.3) is 0 Å². The standard InChI is InChI=1S/C18H32N2/c1-2-17-11-19-18(7-3-4-8-18)13-20(17)12-16-10-14-5-6-15(16)9-14/h14-17,19H,2-13H2,1H3. The molecule has 3 aliphatic carbocycles. The summed E-state index contributed by atoms with van der Waals surface area (Å²) in [5, 5.41) is 3.94. The van der Waals surface area contributed by atoms with E-state index in [0.717, 1.165) is 23.8 Å². The Hall–Kier alpha value is -0.0800. The van der Waals surface area contributed by atoms with Crippen molar-refractivity contribution in [3.8, 4) is 0 Å². The van der Waals surface area contributed by atoms with Crippen molar-refractivity contribution in [3.05, 3.63) is 0 Å². The van der Waals surface area contributed by atoms with Gasteiger partial charge in [0.2, 0.25) is 0 Å². The highest BCUT2D eigenvalue weighted by Gasteiger charge is 2.44. The third-order valence-corrected chi connectivity index (χ3v) is 7.12. The monoisotopic (exact) mass is 276 g/mol. The summed E-state index contributed by atoms with van der Waals surface area (Å²) in [5.41, 5.74) is 0.503. The minimum Gasteiger partial charge on any atom is -0.308 e. The molecule has 1 aliphatic heterocycles. The van der Waals surface area contributed by atoms with Crippen LogP contribution in [0.15, 0.2) is 0 Å². The molecule has 4 fully saturated rings. The van der Waals surface area contributed by atoms with Crippen LogP contribution < -0.4 is 5.32 Å². The molecule has 4 unspecified atom stereocenters. The Morgan fingerprint density at radius 3 is 2.65 bits per heavy atom. The van der Waals surface area contributed by atoms with E-state index in [0.29, 0.717) is 5.54 Å². The minimum absolute atomic E-state index is 0.503. The molecule has 0 aromatic rings. The smallest absolute Gasteiger partial charge is 0.0309 e. The minimum atomic E-state index is 0.503. The maximum absolute atomic E-state index is 3.94. The SMILES string of the molecule is CCC1CNC2(CCCC2)CN1CC1CC2CCC1C2. The number of nitrogens with one attached hydrogen (secondary N) is 1. The molecule has 1 heterocycles. The first kappa shape index (κ1) is 13.6. The van der Waals surface area contributed by atoms with Gasteiger partial charge in [0.1, 0.15) is 0 Å². The van der Waals surface area contributed by atoms with Crippen LogP contribution in [-0.2, 0) is 0 Å². The van der Waals surface area contributed by atoms with Crippen LogP contribution in [0.3, 0.4) is 0 Å². The summed E-state index contributed by atoms with van der Waals surface area (Å²) >= 11 is 0. The Labute approximate surface area is 124 Å². The molecule has 2 heteroatoms. The first-order valence-electron chi connectivity index (χ1n) is 9.27. The van der Waals surface area contributed by atoms with Crippen molar-refractivity contribution in [2.24, 2.45) is 17.8 Å². The number of fused-ring (bicyclic) bond motifs is 2. The summed E-state index contributed by atoms with van der Waals surface area (Å²) in [5.74, 6) is 3.24. The number of rotatable bonds is 3. The average molecular weight is 276 g/mol. The first-order valence-corrected chi connectivity index (χ1v) is 9.27. The van der Waals surface area contributed by atoms with E-state index in [9.17, 15) is 0 Å². The Bertz CT molecular complexity index is 347. The van der Waals surface area contributed by atoms with E-state index in [1.165, 1.54) is 51.7 Å². The van der Waals surface area contributed by atoms with E-state index in [1.807, 2.05) is 0 Å². The van der Waals surface area contributed by atoms with Gasteiger partial charge in [0.05, 0.1) is 0 Å². The van der Waals surface area contributed by atoms with Crippen LogP contribution in [0.1, 0.15) is 64.7 Å². The number of piperazine rings is 1. The van der Waals surface area contributed by atoms with Gasteiger partial charge in [0.25, 0.3) is 0 Å². The summed E-state index contributed by atoms with van der Waals surface area (Å²) in [6.07, 6.45) is 13.3. The van der Waals surface area contributed by atoms with Crippen LogP contribution in [0.4, 0.5) is 0 Å². The van der Waals surface area contributed by atoms with Crippen molar-refractivity contribution >= 4 is 0 Å². The Balaban J connectivity index is 1.43. The quantitative estimate of drug-likeness (QED) is 0.849. The molecule has 1 saturated heterocycles. The molecular weight excluding hydrogens is 244 g/mol. The van der Waals surface area contributed by atoms with E-state index in [2.05, 4.69) is 17.1 Å². The average Bonchev–Trinajstić information content (AvgIpc) is 3.16. The third kappa shape index (κ3) is 2.33. The van der Waals surface area contributed by atoms with Crippen molar-refractivity contribution in [2.45, 2.75) is 76.3 Å². The van der Waals surface area contributed by atoms with E-state index in [1.54, 1.807) is 25.7 Å². The van der Waals surface area contributed by atoms with Gasteiger partial charge in [-0.1, -0.05) is 26.2 Å². The summed E-state index contributed by atoms with van der Waals surface area (Å²) in [7, 11) is 0. The molecule has 0 aromatic carbocycles. The maximum Gasteiger partial charge on any atom is 0.0309 e. The fraction of sp³-hybridized carbons (Fsp3) is 1.00. The molecule has 0 radical (unpaired) electrons. The molecule has 0 amide bonds. The molecule has 114 valence electrons. The van der Waals surface area contributed by atoms with Gasteiger partial charge in [-0.2, -0.15) is 0 Å². The molecule has 4 rings (SSSR count). The zero-order chi connectivity index (χ0) is 13.6. The van der Waals surface area contributed by atoms with Crippen molar-refractivity contribution in [1.82, 2.24) is 10.2 Å². The Morgan fingerprint density at radius 2 is 2.00 bits per heavy atom. The van der Waals surface area contributed by atoms with Crippen molar-refractivity contribution < 1.29 is 0 Å². The second kappa shape index (κ2) is 5.28. The second-order valence-electron chi connectivity index (χ2n) is 8.29. The molecule has 4 atom stereocenters. The molecule has 20 heavy (non-hydrogen) atoms. The lowest BCUT2D eigenvalue weighted by atomic mass is 9.86. The summed E-state index contributed by atoms with van der Waals surface area (Å²) in [6, 6.07) is 0.806. The van der Waals surface area contributed by atoms with Gasteiger partial charge < -0.3 is 5.32 Å². The predicted molar refractivity (Wildman–Crippen MR) is 83.8 cm³/mol. The van der Waals surface area contributed by atoms with E-state index in [4.69, 9.17) is 0 Å². The van der Waals surface area contributed by atoms with Crippen LogP contribution >= 0.6 is 0 Å². The Morgan fingerprint density at radius 1 is 1.15 bits per heavy atom. The first-order chi connectivity index (χ1) is 9.78. The normalized spacial score (nSPS) is 43.6. The largest absolute Gasteiger partial charge is 0.308 e. The zero-order valence-electron chi connectivity index (χ0n) is 13.2. The van der Waals surface area contributed by atoms with E-state index in [-0.39, 0.29) is 0 Å². The van der Waals surface area contributed by atoms with Gasteiger partial charge >= 0.3 is 0 Å². The molecule has 1 N–H and O–H groups in total. The van der Waals surface area contributed by atoms with Crippen molar-refractivity contribution in [3.63, 3.8) is 0 Å². The van der Waals surface area contributed by atoms with Gasteiger partial charge in [0, 0.05) is 31.2 Å². The van der Waals surface area contributed by atoms with E-state index < -0.39 is 0 Å². The fourth-order valence-corrected chi connectivity index (χ4v) is 5.94. The highest BCUT2D eigenvalue weighted by Crippen LogP contribution is 2.49. The van der Waals surface area contributed by atoms with Gasteiger partial charge in [-0.3, -0.25) is 4.90 Å².